The van der Waals surface area contributed by atoms with Crippen molar-refractivity contribution in [2.45, 2.75) is 60.9 Å². The molecular weight excluding hydrogens is 316 g/mol. The fourth-order valence-corrected chi connectivity index (χ4v) is 2.43. The Bertz CT molecular complexity index is 687. The minimum absolute atomic E-state index is 0.0659. The monoisotopic (exact) mass is 346 g/mol. The van der Waals surface area contributed by atoms with Gasteiger partial charge in [0.15, 0.2) is 0 Å². The molecule has 0 aliphatic heterocycles. The molecule has 6 heteroatoms. The Morgan fingerprint density at radius 2 is 1.68 bits per heavy atom. The van der Waals surface area contributed by atoms with Gasteiger partial charge in [-0.2, -0.15) is 10.4 Å². The van der Waals surface area contributed by atoms with Gasteiger partial charge in [0.25, 0.3) is 5.56 Å². The van der Waals surface area contributed by atoms with Crippen molar-refractivity contribution in [1.82, 2.24) is 14.7 Å². The lowest BCUT2D eigenvalue weighted by Crippen LogP contribution is -2.40. The van der Waals surface area contributed by atoms with Crippen LogP contribution in [0.2, 0.25) is 0 Å². The molecule has 0 aliphatic carbocycles. The lowest BCUT2D eigenvalue weighted by Gasteiger charge is -2.25. The van der Waals surface area contributed by atoms with E-state index >= 15 is 0 Å². The third-order valence-electron chi connectivity index (χ3n) is 4.34. The number of hydrogen-bond acceptors (Lipinski definition) is 4. The summed E-state index contributed by atoms with van der Waals surface area (Å²) in [6.45, 7) is 13.2. The summed E-state index contributed by atoms with van der Waals surface area (Å²) < 4.78 is 1.13. The first-order chi connectivity index (χ1) is 11.7. The van der Waals surface area contributed by atoms with Crippen LogP contribution in [0.4, 0.5) is 0 Å². The van der Waals surface area contributed by atoms with Gasteiger partial charge in [0.1, 0.15) is 18.2 Å². The van der Waals surface area contributed by atoms with Crippen molar-refractivity contribution in [3.05, 3.63) is 27.2 Å². The van der Waals surface area contributed by atoms with Crippen molar-refractivity contribution in [2.75, 3.05) is 13.1 Å². The SMILES string of the molecule is Cc1nn(CC(=O)N(CCC(C)C)CCC(C)C)c(=O)c(C#N)c1C. The van der Waals surface area contributed by atoms with Crippen LogP contribution in [-0.4, -0.2) is 33.7 Å². The molecule has 1 aromatic rings. The van der Waals surface area contributed by atoms with Gasteiger partial charge in [-0.1, -0.05) is 27.7 Å². The van der Waals surface area contributed by atoms with Gasteiger partial charge in [0.05, 0.1) is 5.69 Å². The van der Waals surface area contributed by atoms with Crippen LogP contribution in [0.25, 0.3) is 0 Å². The first-order valence-corrected chi connectivity index (χ1v) is 8.93. The highest BCUT2D eigenvalue weighted by atomic mass is 16.2. The summed E-state index contributed by atoms with van der Waals surface area (Å²) in [5, 5.41) is 13.4. The van der Waals surface area contributed by atoms with Gasteiger partial charge in [-0.05, 0) is 44.1 Å². The first-order valence-electron chi connectivity index (χ1n) is 8.93. The van der Waals surface area contributed by atoms with E-state index in [1.807, 2.05) is 11.0 Å². The van der Waals surface area contributed by atoms with Crippen LogP contribution in [0.15, 0.2) is 4.79 Å². The molecule has 0 atom stereocenters. The topological polar surface area (TPSA) is 79.0 Å². The smallest absolute Gasteiger partial charge is 0.285 e. The molecule has 0 aromatic carbocycles. The second-order valence-electron chi connectivity index (χ2n) is 7.41. The highest BCUT2D eigenvalue weighted by Gasteiger charge is 2.18. The summed E-state index contributed by atoms with van der Waals surface area (Å²) in [5.74, 6) is 0.882. The maximum absolute atomic E-state index is 12.7. The van der Waals surface area contributed by atoms with Crippen LogP contribution in [-0.2, 0) is 11.3 Å². The number of hydrogen-bond donors (Lipinski definition) is 0. The van der Waals surface area contributed by atoms with Crippen LogP contribution >= 0.6 is 0 Å². The molecule has 6 nitrogen and oxygen atoms in total. The molecule has 0 unspecified atom stereocenters. The van der Waals surface area contributed by atoms with Crippen molar-refractivity contribution < 1.29 is 4.79 Å². The van der Waals surface area contributed by atoms with Gasteiger partial charge in [-0.25, -0.2) is 4.68 Å². The molecule has 0 saturated carbocycles. The van der Waals surface area contributed by atoms with E-state index in [1.54, 1.807) is 13.8 Å². The lowest BCUT2D eigenvalue weighted by molar-refractivity contribution is -0.132. The fourth-order valence-electron chi connectivity index (χ4n) is 2.43. The van der Waals surface area contributed by atoms with E-state index in [4.69, 9.17) is 0 Å². The molecular formula is C19H30N4O2. The normalized spacial score (nSPS) is 11.0. The summed E-state index contributed by atoms with van der Waals surface area (Å²) in [7, 11) is 0. The Balaban J connectivity index is 3.01. The molecule has 0 aliphatic rings. The van der Waals surface area contributed by atoms with E-state index in [1.165, 1.54) is 0 Å². The number of rotatable bonds is 8. The average Bonchev–Trinajstić information content (AvgIpc) is 2.52. The third-order valence-corrected chi connectivity index (χ3v) is 4.34. The van der Waals surface area contributed by atoms with Gasteiger partial charge in [-0.15, -0.1) is 0 Å². The number of nitriles is 1. The van der Waals surface area contributed by atoms with Crippen molar-refractivity contribution in [3.8, 4) is 6.07 Å². The highest BCUT2D eigenvalue weighted by molar-refractivity contribution is 5.75. The lowest BCUT2D eigenvalue weighted by atomic mass is 10.1. The zero-order chi connectivity index (χ0) is 19.1. The van der Waals surface area contributed by atoms with E-state index in [0.29, 0.717) is 36.2 Å². The molecule has 0 spiro atoms. The Kier molecular flexibility index (Phi) is 7.82. The van der Waals surface area contributed by atoms with E-state index in [9.17, 15) is 14.9 Å². The van der Waals surface area contributed by atoms with E-state index in [0.717, 1.165) is 17.5 Å². The summed E-state index contributed by atoms with van der Waals surface area (Å²) in [4.78, 5) is 26.9. The van der Waals surface area contributed by atoms with Gasteiger partial charge >= 0.3 is 0 Å². The van der Waals surface area contributed by atoms with Crippen molar-refractivity contribution in [3.63, 3.8) is 0 Å². The summed E-state index contributed by atoms with van der Waals surface area (Å²) in [6, 6.07) is 1.93. The van der Waals surface area contributed by atoms with Gasteiger partial charge in [0.2, 0.25) is 5.91 Å². The Morgan fingerprint density at radius 3 is 2.12 bits per heavy atom. The van der Waals surface area contributed by atoms with Crippen molar-refractivity contribution in [2.24, 2.45) is 11.8 Å². The molecule has 1 rings (SSSR count). The molecule has 0 saturated heterocycles. The van der Waals surface area contributed by atoms with Gasteiger partial charge in [0, 0.05) is 13.1 Å². The minimum Gasteiger partial charge on any atom is -0.341 e. The predicted octanol–water partition coefficient (Wildman–Crippen LogP) is 2.65. The Hall–Kier alpha value is -2.16. The Morgan fingerprint density at radius 1 is 1.16 bits per heavy atom. The molecule has 0 bridgehead atoms. The predicted molar refractivity (Wildman–Crippen MR) is 98.2 cm³/mol. The maximum atomic E-state index is 12.7. The summed E-state index contributed by atoms with van der Waals surface area (Å²) in [5.41, 5.74) is 0.746. The van der Waals surface area contributed by atoms with Crippen molar-refractivity contribution in [1.29, 1.82) is 5.26 Å². The van der Waals surface area contributed by atoms with E-state index < -0.39 is 5.56 Å². The number of carbonyl (C=O) groups excluding carboxylic acids is 1. The second-order valence-corrected chi connectivity index (χ2v) is 7.41. The molecule has 1 aromatic heterocycles. The van der Waals surface area contributed by atoms with Gasteiger partial charge in [-0.3, -0.25) is 9.59 Å². The third kappa shape index (κ3) is 6.00. The molecule has 0 N–H and O–H groups in total. The maximum Gasteiger partial charge on any atom is 0.285 e. The number of nitrogens with zero attached hydrogens (tertiary/aromatic N) is 4. The molecule has 138 valence electrons. The number of carbonyl (C=O) groups is 1. The standard InChI is InChI=1S/C19H30N4O2/c1-13(2)7-9-22(10-8-14(3)4)18(24)12-23-19(25)17(11-20)15(5)16(6)21-23/h13-14H,7-10,12H2,1-6H3. The van der Waals surface area contributed by atoms with Crippen molar-refractivity contribution >= 4 is 5.91 Å². The van der Waals surface area contributed by atoms with E-state index in [-0.39, 0.29) is 18.0 Å². The zero-order valence-electron chi connectivity index (χ0n) is 16.3. The number of aryl methyl sites for hydroxylation is 1. The molecule has 0 radical (unpaired) electrons. The fraction of sp³-hybridized carbons (Fsp3) is 0.684. The molecule has 1 heterocycles. The average molecular weight is 346 g/mol. The van der Waals surface area contributed by atoms with Crippen LogP contribution in [0.5, 0.6) is 0 Å². The number of amides is 1. The highest BCUT2D eigenvalue weighted by Crippen LogP contribution is 2.09. The second kappa shape index (κ2) is 9.36. The first kappa shape index (κ1) is 20.9. The molecule has 1 amide bonds. The zero-order valence-corrected chi connectivity index (χ0v) is 16.3. The van der Waals surface area contributed by atoms with Crippen LogP contribution in [0, 0.1) is 37.0 Å². The van der Waals surface area contributed by atoms with E-state index in [2.05, 4.69) is 32.8 Å². The molecule has 25 heavy (non-hydrogen) atoms. The largest absolute Gasteiger partial charge is 0.341 e. The van der Waals surface area contributed by atoms with Crippen LogP contribution < -0.4 is 5.56 Å². The quantitative estimate of drug-likeness (QED) is 0.725. The van der Waals surface area contributed by atoms with Crippen LogP contribution in [0.1, 0.15) is 57.4 Å². The minimum atomic E-state index is -0.494. The summed E-state index contributed by atoms with van der Waals surface area (Å²) >= 11 is 0. The van der Waals surface area contributed by atoms with Crippen LogP contribution in [0.3, 0.4) is 0 Å². The number of aromatic nitrogens is 2. The summed E-state index contributed by atoms with van der Waals surface area (Å²) in [6.07, 6.45) is 1.84. The Labute approximate surface area is 150 Å². The van der Waals surface area contributed by atoms with Gasteiger partial charge < -0.3 is 4.90 Å². The molecule has 0 fully saturated rings.